The second-order valence-electron chi connectivity index (χ2n) is 5.82. The molecule has 1 saturated carbocycles. The van der Waals surface area contributed by atoms with E-state index in [4.69, 9.17) is 9.84 Å². The van der Waals surface area contributed by atoms with Gasteiger partial charge < -0.3 is 35.4 Å². The second-order valence-corrected chi connectivity index (χ2v) is 5.82. The summed E-state index contributed by atoms with van der Waals surface area (Å²) in [5, 5.41) is 57.6. The number of ether oxygens (including phenoxy) is 1. The first-order valence-corrected chi connectivity index (χ1v) is 7.34. The molecule has 1 aliphatic carbocycles. The van der Waals surface area contributed by atoms with Crippen molar-refractivity contribution < 1.29 is 40.2 Å². The second kappa shape index (κ2) is 7.29. The molecule has 0 saturated heterocycles. The van der Waals surface area contributed by atoms with E-state index < -0.39 is 49.0 Å². The number of carboxylic acids is 1. The molecule has 0 bridgehead atoms. The largest absolute Gasteiger partial charge is 0.508 e. The van der Waals surface area contributed by atoms with E-state index in [1.165, 1.54) is 24.3 Å². The molecule has 1 aromatic carbocycles. The van der Waals surface area contributed by atoms with Crippen molar-refractivity contribution in [3.63, 3.8) is 0 Å². The van der Waals surface area contributed by atoms with Crippen molar-refractivity contribution in [2.45, 2.75) is 43.0 Å². The number of aliphatic hydroxyl groups is 4. The number of aliphatic hydroxyl groups excluding tert-OH is 3. The average molecular weight is 340 g/mol. The molecule has 132 valence electrons. The molecule has 8 nitrogen and oxygen atoms in total. The molecule has 1 aromatic rings. The van der Waals surface area contributed by atoms with Gasteiger partial charge in [0.15, 0.2) is 11.9 Å². The summed E-state index contributed by atoms with van der Waals surface area (Å²) >= 11 is 0. The zero-order valence-corrected chi connectivity index (χ0v) is 12.7. The third kappa shape index (κ3) is 4.31. The van der Waals surface area contributed by atoms with Crippen LogP contribution in [0.2, 0.25) is 0 Å². The Labute approximate surface area is 137 Å². The number of aliphatic carboxylic acids is 1. The molecule has 1 unspecified atom stereocenters. The average Bonchev–Trinajstić information content (AvgIpc) is 2.51. The molecule has 1 aliphatic rings. The lowest BCUT2D eigenvalue weighted by Crippen LogP contribution is -2.57. The molecule has 0 aliphatic heterocycles. The first-order chi connectivity index (χ1) is 11.2. The van der Waals surface area contributed by atoms with Crippen LogP contribution in [0.25, 0.3) is 6.08 Å². The van der Waals surface area contributed by atoms with Gasteiger partial charge in [0.25, 0.3) is 0 Å². The van der Waals surface area contributed by atoms with Crippen LogP contribution in [0, 0.1) is 0 Å². The summed E-state index contributed by atoms with van der Waals surface area (Å²) in [6.45, 7) is 0. The van der Waals surface area contributed by atoms with Crippen molar-refractivity contribution in [2.24, 2.45) is 0 Å². The smallest absolute Gasteiger partial charge is 0.335 e. The van der Waals surface area contributed by atoms with Gasteiger partial charge in [0, 0.05) is 12.8 Å². The number of rotatable bonds is 5. The molecule has 0 spiro atoms. The molecule has 24 heavy (non-hydrogen) atoms. The van der Waals surface area contributed by atoms with Crippen LogP contribution in [0.1, 0.15) is 18.4 Å². The Balaban J connectivity index is 2.02. The molecule has 0 amide bonds. The van der Waals surface area contributed by atoms with E-state index in [9.17, 15) is 30.3 Å². The van der Waals surface area contributed by atoms with E-state index in [1.54, 1.807) is 12.1 Å². The van der Waals surface area contributed by atoms with Gasteiger partial charge in [-0.25, -0.2) is 4.79 Å². The molecule has 0 radical (unpaired) electrons. The Hall–Kier alpha value is -1.97. The fraction of sp³-hybridized carbons (Fsp3) is 0.438. The number of hydrogen-bond acceptors (Lipinski definition) is 7. The number of phenolic OH excluding ortho intramolecular Hbond substituents is 1. The lowest BCUT2D eigenvalue weighted by atomic mass is 9.79. The fourth-order valence-corrected chi connectivity index (χ4v) is 2.56. The molecule has 0 heterocycles. The van der Waals surface area contributed by atoms with Crippen LogP contribution < -0.4 is 0 Å². The van der Waals surface area contributed by atoms with Crippen LogP contribution in [0.4, 0.5) is 0 Å². The first kappa shape index (κ1) is 18.4. The van der Waals surface area contributed by atoms with E-state index >= 15 is 0 Å². The Bertz CT molecular complexity index is 599. The Kier molecular flexibility index (Phi) is 5.58. The maximum atomic E-state index is 11.1. The zero-order chi connectivity index (χ0) is 17.9. The van der Waals surface area contributed by atoms with Gasteiger partial charge in [-0.1, -0.05) is 18.2 Å². The van der Waals surface area contributed by atoms with Crippen LogP contribution in [0.3, 0.4) is 0 Å². The molecule has 0 aromatic heterocycles. The molecular weight excluding hydrogens is 320 g/mol. The lowest BCUT2D eigenvalue weighted by molar-refractivity contribution is -0.216. The number of phenols is 1. The highest BCUT2D eigenvalue weighted by Crippen LogP contribution is 2.31. The van der Waals surface area contributed by atoms with Gasteiger partial charge >= 0.3 is 5.97 Å². The normalized spacial score (nSPS) is 31.9. The summed E-state index contributed by atoms with van der Waals surface area (Å²) in [6, 6.07) is 6.12. The summed E-state index contributed by atoms with van der Waals surface area (Å²) in [5.41, 5.74) is -1.56. The summed E-state index contributed by atoms with van der Waals surface area (Å²) in [4.78, 5) is 11.1. The molecule has 1 fully saturated rings. The van der Waals surface area contributed by atoms with Gasteiger partial charge in [-0.2, -0.15) is 0 Å². The third-order valence-corrected chi connectivity index (χ3v) is 3.92. The Morgan fingerprint density at radius 2 is 1.88 bits per heavy atom. The van der Waals surface area contributed by atoms with Crippen LogP contribution >= 0.6 is 0 Å². The number of benzene rings is 1. The molecule has 2 rings (SSSR count). The van der Waals surface area contributed by atoms with Crippen molar-refractivity contribution in [1.29, 1.82) is 0 Å². The zero-order valence-electron chi connectivity index (χ0n) is 12.7. The van der Waals surface area contributed by atoms with Crippen molar-refractivity contribution in [2.75, 3.05) is 0 Å². The first-order valence-electron chi connectivity index (χ1n) is 7.34. The SMILES string of the molecule is O=C(O)[C@]1(O)C[C@@H](O)[C@@H](O)[C@H](OC(O)/C=C/c2ccc(O)cc2)C1. The number of carboxylic acid groups (broad SMARTS) is 1. The lowest BCUT2D eigenvalue weighted by Gasteiger charge is -2.40. The quantitative estimate of drug-likeness (QED) is 0.391. The summed E-state index contributed by atoms with van der Waals surface area (Å²) in [6.07, 6.45) is -3.90. The molecule has 6 N–H and O–H groups in total. The van der Waals surface area contributed by atoms with Crippen molar-refractivity contribution in [1.82, 2.24) is 0 Å². The Morgan fingerprint density at radius 3 is 2.46 bits per heavy atom. The predicted molar refractivity (Wildman–Crippen MR) is 81.9 cm³/mol. The number of hydrogen-bond donors (Lipinski definition) is 6. The number of aromatic hydroxyl groups is 1. The standard InChI is InChI=1S/C16H20O8/c17-10-4-1-9(2-5-10)3-6-13(19)24-12-8-16(23,15(21)22)7-11(18)14(12)20/h1-6,11-14,17-20,23H,7-8H2,(H,21,22)/b6-3+/t11-,12-,13?,14-,16+/m1/s1. The van der Waals surface area contributed by atoms with Gasteiger partial charge in [0.05, 0.1) is 12.2 Å². The van der Waals surface area contributed by atoms with Gasteiger partial charge in [-0.15, -0.1) is 0 Å². The predicted octanol–water partition coefficient (Wildman–Crippen LogP) is -0.560. The molecule has 5 atom stereocenters. The summed E-state index contributed by atoms with van der Waals surface area (Å²) < 4.78 is 5.15. The molecule has 8 heteroatoms. The number of carbonyl (C=O) groups is 1. The van der Waals surface area contributed by atoms with Crippen LogP contribution in [-0.4, -0.2) is 66.8 Å². The highest BCUT2D eigenvalue weighted by Gasteiger charge is 2.49. The minimum absolute atomic E-state index is 0.0937. The van der Waals surface area contributed by atoms with Crippen LogP contribution in [0.15, 0.2) is 30.3 Å². The van der Waals surface area contributed by atoms with Crippen molar-refractivity contribution >= 4 is 12.0 Å². The van der Waals surface area contributed by atoms with Gasteiger partial charge in [-0.05, 0) is 23.8 Å². The van der Waals surface area contributed by atoms with Crippen LogP contribution in [0.5, 0.6) is 5.75 Å². The van der Waals surface area contributed by atoms with Crippen LogP contribution in [-0.2, 0) is 9.53 Å². The van der Waals surface area contributed by atoms with Gasteiger partial charge in [0.1, 0.15) is 11.9 Å². The van der Waals surface area contributed by atoms with E-state index in [2.05, 4.69) is 0 Å². The highest BCUT2D eigenvalue weighted by atomic mass is 16.6. The Morgan fingerprint density at radius 1 is 1.25 bits per heavy atom. The summed E-state index contributed by atoms with van der Waals surface area (Å²) in [5.74, 6) is -1.44. The van der Waals surface area contributed by atoms with Crippen molar-refractivity contribution in [3.8, 4) is 5.75 Å². The topological polar surface area (TPSA) is 148 Å². The van der Waals surface area contributed by atoms with E-state index in [0.717, 1.165) is 0 Å². The molecular formula is C16H20O8. The van der Waals surface area contributed by atoms with E-state index in [-0.39, 0.29) is 5.75 Å². The van der Waals surface area contributed by atoms with E-state index in [0.29, 0.717) is 5.56 Å². The third-order valence-electron chi connectivity index (χ3n) is 3.92. The maximum Gasteiger partial charge on any atom is 0.335 e. The summed E-state index contributed by atoms with van der Waals surface area (Å²) in [7, 11) is 0. The minimum Gasteiger partial charge on any atom is -0.508 e. The highest BCUT2D eigenvalue weighted by molar-refractivity contribution is 5.77. The van der Waals surface area contributed by atoms with Crippen molar-refractivity contribution in [3.05, 3.63) is 35.9 Å². The minimum atomic E-state index is -2.23. The monoisotopic (exact) mass is 340 g/mol. The van der Waals surface area contributed by atoms with Gasteiger partial charge in [-0.3, -0.25) is 0 Å². The van der Waals surface area contributed by atoms with Gasteiger partial charge in [0.2, 0.25) is 0 Å². The maximum absolute atomic E-state index is 11.1. The fourth-order valence-electron chi connectivity index (χ4n) is 2.56. The van der Waals surface area contributed by atoms with E-state index in [1.807, 2.05) is 0 Å².